The predicted octanol–water partition coefficient (Wildman–Crippen LogP) is 3.84. The van der Waals surface area contributed by atoms with Crippen LogP contribution >= 0.6 is 22.6 Å². The highest BCUT2D eigenvalue weighted by Crippen LogP contribution is 2.35. The van der Waals surface area contributed by atoms with Crippen LogP contribution in [0.4, 0.5) is 0 Å². The zero-order valence-electron chi connectivity index (χ0n) is 15.5. The van der Waals surface area contributed by atoms with Gasteiger partial charge in [-0.05, 0) is 58.9 Å². The van der Waals surface area contributed by atoms with Gasteiger partial charge in [0.05, 0.1) is 10.2 Å². The van der Waals surface area contributed by atoms with Gasteiger partial charge in [-0.25, -0.2) is 0 Å². The topological polar surface area (TPSA) is 88.4 Å². The molecule has 1 N–H and O–H groups in total. The van der Waals surface area contributed by atoms with E-state index in [4.69, 9.17) is 9.47 Å². The van der Waals surface area contributed by atoms with Gasteiger partial charge in [-0.3, -0.25) is 9.59 Å². The van der Waals surface area contributed by atoms with Gasteiger partial charge in [0.25, 0.3) is 5.91 Å². The second kappa shape index (κ2) is 10.5. The second-order valence-electron chi connectivity index (χ2n) is 5.69. The molecule has 0 atom stereocenters. The van der Waals surface area contributed by atoms with Crippen molar-refractivity contribution in [1.29, 1.82) is 5.26 Å². The van der Waals surface area contributed by atoms with Crippen LogP contribution in [0.3, 0.4) is 0 Å². The fourth-order valence-corrected chi connectivity index (χ4v) is 3.10. The number of amides is 1. The van der Waals surface area contributed by atoms with Crippen LogP contribution in [0.25, 0.3) is 6.08 Å². The van der Waals surface area contributed by atoms with Crippen LogP contribution < -0.4 is 14.8 Å². The van der Waals surface area contributed by atoms with Gasteiger partial charge < -0.3 is 14.8 Å². The molecule has 2 aromatic rings. The number of ether oxygens (including phenoxy) is 2. The van der Waals surface area contributed by atoms with Crippen LogP contribution in [-0.2, 0) is 16.1 Å². The average molecular weight is 490 g/mol. The first-order valence-corrected chi connectivity index (χ1v) is 9.61. The molecule has 2 rings (SSSR count). The maximum atomic E-state index is 12.4. The lowest BCUT2D eigenvalue weighted by Crippen LogP contribution is -2.23. The van der Waals surface area contributed by atoms with E-state index < -0.39 is 11.9 Å². The Morgan fingerprint density at radius 2 is 1.96 bits per heavy atom. The number of halogens is 1. The molecule has 0 radical (unpaired) electrons. The first-order valence-electron chi connectivity index (χ1n) is 8.53. The lowest BCUT2D eigenvalue weighted by atomic mass is 10.1. The minimum absolute atomic E-state index is 0.0329. The molecule has 0 saturated heterocycles. The number of hydrogen-bond acceptors (Lipinski definition) is 5. The fraction of sp³-hybridized carbons (Fsp3) is 0.190. The van der Waals surface area contributed by atoms with Crippen molar-refractivity contribution in [3.05, 3.63) is 62.7 Å². The van der Waals surface area contributed by atoms with Crippen molar-refractivity contribution >= 4 is 40.5 Å². The number of nitriles is 1. The van der Waals surface area contributed by atoms with Crippen LogP contribution in [0.15, 0.2) is 48.0 Å². The van der Waals surface area contributed by atoms with E-state index in [0.29, 0.717) is 33.8 Å². The Labute approximate surface area is 177 Å². The zero-order valence-corrected chi connectivity index (χ0v) is 17.6. The zero-order chi connectivity index (χ0) is 20.5. The monoisotopic (exact) mass is 490 g/mol. The molecule has 0 unspecified atom stereocenters. The van der Waals surface area contributed by atoms with Gasteiger partial charge in [0.2, 0.25) is 0 Å². The predicted molar refractivity (Wildman–Crippen MR) is 114 cm³/mol. The van der Waals surface area contributed by atoms with Crippen molar-refractivity contribution < 1.29 is 19.1 Å². The molecule has 0 bridgehead atoms. The highest BCUT2D eigenvalue weighted by atomic mass is 127. The van der Waals surface area contributed by atoms with Gasteiger partial charge in [0.1, 0.15) is 11.6 Å². The van der Waals surface area contributed by atoms with Crippen molar-refractivity contribution in [3.63, 3.8) is 0 Å². The molecule has 2 aromatic carbocycles. The molecule has 0 heterocycles. The Morgan fingerprint density at radius 1 is 1.25 bits per heavy atom. The molecule has 1 amide bonds. The lowest BCUT2D eigenvalue weighted by Gasteiger charge is -2.13. The van der Waals surface area contributed by atoms with E-state index in [0.717, 1.165) is 5.56 Å². The Morgan fingerprint density at radius 3 is 2.57 bits per heavy atom. The van der Waals surface area contributed by atoms with Crippen LogP contribution in [0.5, 0.6) is 11.5 Å². The third-order valence-electron chi connectivity index (χ3n) is 3.55. The molecule has 0 aromatic heterocycles. The molecule has 0 fully saturated rings. The minimum Gasteiger partial charge on any atom is -0.490 e. The van der Waals surface area contributed by atoms with Gasteiger partial charge >= 0.3 is 5.97 Å². The molecule has 7 heteroatoms. The van der Waals surface area contributed by atoms with E-state index in [1.54, 1.807) is 12.1 Å². The van der Waals surface area contributed by atoms with Gasteiger partial charge in [-0.2, -0.15) is 5.26 Å². The van der Waals surface area contributed by atoms with Crippen molar-refractivity contribution in [2.24, 2.45) is 0 Å². The van der Waals surface area contributed by atoms with Gasteiger partial charge in [-0.1, -0.05) is 30.3 Å². The Bertz CT molecular complexity index is 933. The lowest BCUT2D eigenvalue weighted by molar-refractivity contribution is -0.132. The SMILES string of the molecule is CCOc1cc(/C=C(\C#N)C(=O)NCc2ccccc2)cc(I)c1OC(C)=O. The average Bonchev–Trinajstić information content (AvgIpc) is 2.67. The third kappa shape index (κ3) is 6.09. The summed E-state index contributed by atoms with van der Waals surface area (Å²) in [6, 6.07) is 14.7. The summed E-state index contributed by atoms with van der Waals surface area (Å²) in [7, 11) is 0. The van der Waals surface area contributed by atoms with Crippen LogP contribution in [-0.4, -0.2) is 18.5 Å². The number of carbonyl (C=O) groups excluding carboxylic acids is 2. The van der Waals surface area contributed by atoms with Crippen LogP contribution in [0.2, 0.25) is 0 Å². The maximum absolute atomic E-state index is 12.4. The standard InChI is InChI=1S/C21H19IN2O4/c1-3-27-19-11-16(10-18(22)20(19)28-14(2)25)9-17(12-23)21(26)24-13-15-7-5-4-6-8-15/h4-11H,3,13H2,1-2H3,(H,24,26)/b17-9+. The molecule has 0 saturated carbocycles. The molecule has 28 heavy (non-hydrogen) atoms. The molecule has 6 nitrogen and oxygen atoms in total. The van der Waals surface area contributed by atoms with Crippen LogP contribution in [0.1, 0.15) is 25.0 Å². The normalized spacial score (nSPS) is 10.7. The van der Waals surface area contributed by atoms with E-state index in [1.165, 1.54) is 13.0 Å². The summed E-state index contributed by atoms with van der Waals surface area (Å²) in [5, 5.41) is 12.1. The van der Waals surface area contributed by atoms with Crippen molar-refractivity contribution in [2.75, 3.05) is 6.61 Å². The Balaban J connectivity index is 2.26. The van der Waals surface area contributed by atoms with Gasteiger partial charge in [0, 0.05) is 13.5 Å². The van der Waals surface area contributed by atoms with Gasteiger partial charge in [0.15, 0.2) is 11.5 Å². The van der Waals surface area contributed by atoms with E-state index >= 15 is 0 Å². The molecular formula is C21H19IN2O4. The van der Waals surface area contributed by atoms with Crippen molar-refractivity contribution in [1.82, 2.24) is 5.32 Å². The Hall–Kier alpha value is -2.86. The third-order valence-corrected chi connectivity index (χ3v) is 4.35. The smallest absolute Gasteiger partial charge is 0.308 e. The summed E-state index contributed by atoms with van der Waals surface area (Å²) in [5.74, 6) is -0.236. The maximum Gasteiger partial charge on any atom is 0.308 e. The molecular weight excluding hydrogens is 471 g/mol. The summed E-state index contributed by atoms with van der Waals surface area (Å²) in [6.45, 7) is 3.82. The summed E-state index contributed by atoms with van der Waals surface area (Å²) >= 11 is 2.02. The molecule has 0 spiro atoms. The number of hydrogen-bond donors (Lipinski definition) is 1. The summed E-state index contributed by atoms with van der Waals surface area (Å²) < 4.78 is 11.4. The number of carbonyl (C=O) groups is 2. The molecule has 144 valence electrons. The first kappa shape index (κ1) is 21.4. The molecule has 0 aliphatic carbocycles. The highest BCUT2D eigenvalue weighted by molar-refractivity contribution is 14.1. The number of rotatable bonds is 7. The molecule has 0 aliphatic heterocycles. The first-order chi connectivity index (χ1) is 13.4. The van der Waals surface area contributed by atoms with E-state index in [2.05, 4.69) is 5.32 Å². The minimum atomic E-state index is -0.469. The second-order valence-corrected chi connectivity index (χ2v) is 6.86. The largest absolute Gasteiger partial charge is 0.490 e. The van der Waals surface area contributed by atoms with Crippen molar-refractivity contribution in [3.8, 4) is 17.6 Å². The Kier molecular flexibility index (Phi) is 8.02. The summed E-state index contributed by atoms with van der Waals surface area (Å²) in [4.78, 5) is 23.7. The van der Waals surface area contributed by atoms with Crippen molar-refractivity contribution in [2.45, 2.75) is 20.4 Å². The van der Waals surface area contributed by atoms with Crippen LogP contribution in [0, 0.1) is 14.9 Å². The van der Waals surface area contributed by atoms with E-state index in [9.17, 15) is 14.9 Å². The number of esters is 1. The molecule has 0 aliphatic rings. The summed E-state index contributed by atoms with van der Waals surface area (Å²) in [5.41, 5.74) is 1.50. The quantitative estimate of drug-likeness (QED) is 0.210. The van der Waals surface area contributed by atoms with E-state index in [1.807, 2.05) is 65.9 Å². The number of nitrogens with one attached hydrogen (secondary N) is 1. The van der Waals surface area contributed by atoms with E-state index in [-0.39, 0.29) is 5.57 Å². The number of benzene rings is 2. The highest BCUT2D eigenvalue weighted by Gasteiger charge is 2.15. The number of nitrogens with zero attached hydrogens (tertiary/aromatic N) is 1. The fourth-order valence-electron chi connectivity index (χ4n) is 2.37. The summed E-state index contributed by atoms with van der Waals surface area (Å²) in [6.07, 6.45) is 1.47. The van der Waals surface area contributed by atoms with Gasteiger partial charge in [-0.15, -0.1) is 0 Å².